The number of fused-ring (bicyclic) bond motifs is 3. The molecule has 0 N–H and O–H groups in total. The maximum atomic E-state index is 13.0. The Labute approximate surface area is 197 Å². The Morgan fingerprint density at radius 3 is 2.85 bits per heavy atom. The predicted molar refractivity (Wildman–Crippen MR) is 126 cm³/mol. The van der Waals surface area contributed by atoms with Gasteiger partial charge >= 0.3 is 5.97 Å². The Kier molecular flexibility index (Phi) is 5.18. The van der Waals surface area contributed by atoms with Crippen LogP contribution in [0.5, 0.6) is 5.75 Å². The average molecular weight is 455 g/mol. The number of esters is 1. The van der Waals surface area contributed by atoms with Crippen LogP contribution in [0.1, 0.15) is 46.0 Å². The minimum Gasteiger partial charge on any atom is -0.497 e. The number of carbonyl (C=O) groups excluding carboxylic acids is 1. The molecular formula is C27H38N2O4. The molecule has 1 spiro atoms. The first-order valence-corrected chi connectivity index (χ1v) is 12.9. The van der Waals surface area contributed by atoms with E-state index < -0.39 is 0 Å². The molecule has 5 fully saturated rings. The first-order chi connectivity index (χ1) is 15.9. The monoisotopic (exact) mass is 454 g/mol. The topological polar surface area (TPSA) is 54.5 Å². The third-order valence-corrected chi connectivity index (χ3v) is 9.63. The van der Waals surface area contributed by atoms with Crippen LogP contribution in [-0.2, 0) is 14.3 Å². The van der Waals surface area contributed by atoms with Crippen molar-refractivity contribution in [2.45, 2.75) is 63.7 Å². The number of nitrogens with zero attached hydrogens (tertiary/aromatic N) is 2. The number of rotatable bonds is 4. The zero-order valence-corrected chi connectivity index (χ0v) is 20.3. The maximum absolute atomic E-state index is 13.0. The molecule has 0 aromatic heterocycles. The molecule has 1 aromatic carbocycles. The van der Waals surface area contributed by atoms with Crippen LogP contribution in [0, 0.1) is 23.2 Å². The van der Waals surface area contributed by atoms with Gasteiger partial charge in [0.05, 0.1) is 25.2 Å². The van der Waals surface area contributed by atoms with E-state index in [0.29, 0.717) is 17.9 Å². The van der Waals surface area contributed by atoms with Crippen molar-refractivity contribution in [1.29, 1.82) is 0 Å². The SMILES string of the molecule is COc1cccc(N2CCN(C[C@@H]3C(=O)O[C@@H]4C[C@@]5(C)CCC[C@]6(CO6)[C@H]5C[C@@H]34)C[C@H]2C)c1. The molecule has 0 amide bonds. The fourth-order valence-electron chi connectivity index (χ4n) is 7.82. The number of hydrogen-bond donors (Lipinski definition) is 0. The molecule has 3 heterocycles. The van der Waals surface area contributed by atoms with E-state index >= 15 is 0 Å². The Morgan fingerprint density at radius 2 is 2.09 bits per heavy atom. The van der Waals surface area contributed by atoms with E-state index in [1.165, 1.54) is 24.9 Å². The van der Waals surface area contributed by atoms with Gasteiger partial charge in [0, 0.05) is 49.9 Å². The number of methoxy groups -OCH3 is 1. The summed E-state index contributed by atoms with van der Waals surface area (Å²) >= 11 is 0. The summed E-state index contributed by atoms with van der Waals surface area (Å²) in [6, 6.07) is 8.71. The zero-order valence-electron chi connectivity index (χ0n) is 20.3. The van der Waals surface area contributed by atoms with Gasteiger partial charge in [0.25, 0.3) is 0 Å². The average Bonchev–Trinajstić information content (AvgIpc) is 3.50. The largest absolute Gasteiger partial charge is 0.497 e. The standard InChI is InChI=1S/C27H38N2O4/c1-18-15-28(10-11-29(18)19-6-4-7-20(12-19)31-3)16-22-21-13-24-26(2,14-23(21)33-25(22)30)8-5-9-27(24)17-32-27/h4,6-7,12,18,21-24H,5,8-11,13-17H2,1-3H3/t18-,21+,22+,23-,24+,26-,27+/m1/s1. The van der Waals surface area contributed by atoms with Crippen molar-refractivity contribution in [2.75, 3.05) is 44.8 Å². The lowest BCUT2D eigenvalue weighted by atomic mass is 9.53. The third kappa shape index (κ3) is 3.65. The van der Waals surface area contributed by atoms with Crippen molar-refractivity contribution in [3.05, 3.63) is 24.3 Å². The van der Waals surface area contributed by atoms with Gasteiger partial charge in [-0.2, -0.15) is 0 Å². The number of ether oxygens (including phenoxy) is 3. The minimum absolute atomic E-state index is 0.00726. The second-order valence-electron chi connectivity index (χ2n) is 11.6. The third-order valence-electron chi connectivity index (χ3n) is 9.63. The van der Waals surface area contributed by atoms with Gasteiger partial charge in [0.1, 0.15) is 11.9 Å². The highest BCUT2D eigenvalue weighted by molar-refractivity contribution is 5.75. The fourth-order valence-corrected chi connectivity index (χ4v) is 7.82. The van der Waals surface area contributed by atoms with E-state index in [1.54, 1.807) is 7.11 Å². The lowest BCUT2D eigenvalue weighted by Gasteiger charge is -2.51. The lowest BCUT2D eigenvalue weighted by Crippen LogP contribution is -2.54. The van der Waals surface area contributed by atoms with Gasteiger partial charge in [0.2, 0.25) is 0 Å². The number of carbonyl (C=O) groups is 1. The highest BCUT2D eigenvalue weighted by Gasteiger charge is 2.65. The van der Waals surface area contributed by atoms with E-state index in [0.717, 1.165) is 51.4 Å². The molecule has 6 rings (SSSR count). The molecule has 1 aromatic rings. The summed E-state index contributed by atoms with van der Waals surface area (Å²) in [4.78, 5) is 18.0. The van der Waals surface area contributed by atoms with Crippen LogP contribution >= 0.6 is 0 Å². The molecule has 6 nitrogen and oxygen atoms in total. The van der Waals surface area contributed by atoms with E-state index in [9.17, 15) is 4.79 Å². The van der Waals surface area contributed by atoms with Crippen LogP contribution in [0.4, 0.5) is 5.69 Å². The van der Waals surface area contributed by atoms with E-state index in [-0.39, 0.29) is 29.0 Å². The Bertz CT molecular complexity index is 917. The number of hydrogen-bond acceptors (Lipinski definition) is 6. The Balaban J connectivity index is 1.13. The van der Waals surface area contributed by atoms with E-state index in [1.807, 2.05) is 6.07 Å². The minimum atomic E-state index is 0.00726. The van der Waals surface area contributed by atoms with Crippen LogP contribution in [-0.4, -0.2) is 68.5 Å². The van der Waals surface area contributed by atoms with Crippen LogP contribution in [0.3, 0.4) is 0 Å². The molecule has 5 aliphatic rings. The second kappa shape index (κ2) is 7.88. The van der Waals surface area contributed by atoms with Crippen molar-refractivity contribution >= 4 is 11.7 Å². The summed E-state index contributed by atoms with van der Waals surface area (Å²) in [6.07, 6.45) is 5.92. The van der Waals surface area contributed by atoms with Gasteiger partial charge in [-0.05, 0) is 62.5 Å². The molecule has 7 atom stereocenters. The van der Waals surface area contributed by atoms with Gasteiger partial charge in [0.15, 0.2) is 0 Å². The van der Waals surface area contributed by atoms with Gasteiger partial charge in [-0.15, -0.1) is 0 Å². The number of anilines is 1. The highest BCUT2D eigenvalue weighted by atomic mass is 16.6. The molecule has 3 aliphatic heterocycles. The Hall–Kier alpha value is -1.79. The van der Waals surface area contributed by atoms with E-state index in [4.69, 9.17) is 14.2 Å². The number of epoxide rings is 1. The second-order valence-corrected chi connectivity index (χ2v) is 11.6. The van der Waals surface area contributed by atoms with Crippen LogP contribution in [0.2, 0.25) is 0 Å². The Morgan fingerprint density at radius 1 is 1.24 bits per heavy atom. The molecular weight excluding hydrogens is 416 g/mol. The van der Waals surface area contributed by atoms with Crippen molar-refractivity contribution in [3.8, 4) is 5.75 Å². The molecule has 0 radical (unpaired) electrons. The molecule has 0 unspecified atom stereocenters. The van der Waals surface area contributed by atoms with Crippen molar-refractivity contribution in [3.63, 3.8) is 0 Å². The predicted octanol–water partition coefficient (Wildman–Crippen LogP) is 3.73. The molecule has 0 bridgehead atoms. The summed E-state index contributed by atoms with van der Waals surface area (Å²) in [5.41, 5.74) is 1.59. The molecule has 33 heavy (non-hydrogen) atoms. The first kappa shape index (κ1) is 21.7. The van der Waals surface area contributed by atoms with Crippen LogP contribution in [0.25, 0.3) is 0 Å². The number of piperazine rings is 1. The zero-order chi connectivity index (χ0) is 22.8. The molecule has 3 saturated heterocycles. The van der Waals surface area contributed by atoms with Crippen LogP contribution in [0.15, 0.2) is 24.3 Å². The molecule has 2 aliphatic carbocycles. The normalized spacial score (nSPS) is 42.6. The van der Waals surface area contributed by atoms with Gasteiger partial charge in [-0.3, -0.25) is 9.69 Å². The summed E-state index contributed by atoms with van der Waals surface area (Å²) in [5.74, 6) is 1.88. The van der Waals surface area contributed by atoms with Crippen LogP contribution < -0.4 is 9.64 Å². The fraction of sp³-hybridized carbons (Fsp3) is 0.741. The summed E-state index contributed by atoms with van der Waals surface area (Å²) < 4.78 is 17.5. The van der Waals surface area contributed by atoms with Crippen molar-refractivity contribution in [1.82, 2.24) is 4.90 Å². The van der Waals surface area contributed by atoms with Gasteiger partial charge in [-0.25, -0.2) is 0 Å². The van der Waals surface area contributed by atoms with E-state index in [2.05, 4.69) is 41.8 Å². The quantitative estimate of drug-likeness (QED) is 0.510. The highest BCUT2D eigenvalue weighted by Crippen LogP contribution is 2.62. The maximum Gasteiger partial charge on any atom is 0.310 e. The molecule has 2 saturated carbocycles. The molecule has 180 valence electrons. The van der Waals surface area contributed by atoms with Gasteiger partial charge < -0.3 is 19.1 Å². The van der Waals surface area contributed by atoms with Crippen molar-refractivity contribution < 1.29 is 19.0 Å². The molecule has 6 heteroatoms. The summed E-state index contributed by atoms with van der Waals surface area (Å²) in [7, 11) is 1.72. The summed E-state index contributed by atoms with van der Waals surface area (Å²) in [6.45, 7) is 9.35. The van der Waals surface area contributed by atoms with Crippen molar-refractivity contribution in [2.24, 2.45) is 23.2 Å². The smallest absolute Gasteiger partial charge is 0.310 e. The lowest BCUT2D eigenvalue weighted by molar-refractivity contribution is -0.147. The number of benzene rings is 1. The first-order valence-electron chi connectivity index (χ1n) is 12.9. The summed E-state index contributed by atoms with van der Waals surface area (Å²) in [5, 5.41) is 0. The van der Waals surface area contributed by atoms with Gasteiger partial charge in [-0.1, -0.05) is 13.0 Å².